The van der Waals surface area contributed by atoms with Crippen LogP contribution in [-0.2, 0) is 19.9 Å². The van der Waals surface area contributed by atoms with Crippen LogP contribution in [0.3, 0.4) is 0 Å². The lowest BCUT2D eigenvalue weighted by atomic mass is 10.2. The first-order valence-electron chi connectivity index (χ1n) is 7.20. The van der Waals surface area contributed by atoms with E-state index in [0.29, 0.717) is 6.42 Å². The molecule has 1 atom stereocenters. The Morgan fingerprint density at radius 2 is 1.91 bits per heavy atom. The van der Waals surface area contributed by atoms with E-state index < -0.39 is 25.9 Å². The molecule has 1 aliphatic heterocycles. The topological polar surface area (TPSA) is 71.5 Å². The number of halogens is 2. The Kier molecular flexibility index (Phi) is 5.68. The molecule has 1 saturated heterocycles. The average Bonchev–Trinajstić information content (AvgIpc) is 2.78. The van der Waals surface area contributed by atoms with Crippen molar-refractivity contribution < 1.29 is 16.8 Å². The van der Waals surface area contributed by atoms with Crippen LogP contribution in [-0.4, -0.2) is 45.2 Å². The molecule has 23 heavy (non-hydrogen) atoms. The largest absolute Gasteiger partial charge is 0.243 e. The van der Waals surface area contributed by atoms with E-state index >= 15 is 0 Å². The van der Waals surface area contributed by atoms with Gasteiger partial charge in [-0.25, -0.2) is 16.8 Å². The minimum Gasteiger partial charge on any atom is -0.229 e. The highest BCUT2D eigenvalue weighted by molar-refractivity contribution is 7.92. The molecule has 0 amide bonds. The van der Waals surface area contributed by atoms with Gasteiger partial charge in [0, 0.05) is 12.6 Å². The van der Waals surface area contributed by atoms with Crippen molar-refractivity contribution in [1.29, 1.82) is 0 Å². The fourth-order valence-electron chi connectivity index (χ4n) is 2.58. The number of nitrogens with zero attached hydrogens (tertiary/aromatic N) is 1. The number of hydrogen-bond acceptors (Lipinski definition) is 4. The molecule has 5 nitrogen and oxygen atoms in total. The van der Waals surface area contributed by atoms with Gasteiger partial charge in [-0.1, -0.05) is 37.0 Å². The zero-order valence-electron chi connectivity index (χ0n) is 12.9. The van der Waals surface area contributed by atoms with Crippen LogP contribution >= 0.6 is 23.2 Å². The number of benzene rings is 1. The molecule has 1 aromatic rings. The van der Waals surface area contributed by atoms with Gasteiger partial charge in [-0.05, 0) is 30.5 Å². The maximum Gasteiger partial charge on any atom is 0.243 e. The van der Waals surface area contributed by atoms with Crippen molar-refractivity contribution in [2.45, 2.75) is 31.2 Å². The van der Waals surface area contributed by atoms with Crippen molar-refractivity contribution >= 4 is 43.1 Å². The monoisotopic (exact) mass is 399 g/mol. The quantitative estimate of drug-likeness (QED) is 0.762. The number of hydrogen-bond donors (Lipinski definition) is 0. The van der Waals surface area contributed by atoms with Crippen LogP contribution in [0.15, 0.2) is 23.1 Å². The summed E-state index contributed by atoms with van der Waals surface area (Å²) in [6, 6.07) is 3.58. The predicted octanol–water partition coefficient (Wildman–Crippen LogP) is 2.83. The molecule has 0 bridgehead atoms. The summed E-state index contributed by atoms with van der Waals surface area (Å²) in [6.45, 7) is 4.03. The van der Waals surface area contributed by atoms with Crippen LogP contribution in [0.4, 0.5) is 0 Å². The molecule has 0 aliphatic carbocycles. The van der Waals surface area contributed by atoms with Crippen molar-refractivity contribution in [1.82, 2.24) is 4.31 Å². The van der Waals surface area contributed by atoms with Crippen LogP contribution in [0, 0.1) is 5.92 Å². The van der Waals surface area contributed by atoms with Crippen LogP contribution < -0.4 is 0 Å². The van der Waals surface area contributed by atoms with Crippen molar-refractivity contribution in [2.24, 2.45) is 5.92 Å². The molecule has 1 aliphatic rings. The molecular formula is C14H19Cl2NO4S2. The zero-order valence-corrected chi connectivity index (χ0v) is 16.0. The van der Waals surface area contributed by atoms with E-state index in [2.05, 4.69) is 0 Å². The van der Waals surface area contributed by atoms with Gasteiger partial charge < -0.3 is 0 Å². The first kappa shape index (κ1) is 19.0. The molecule has 0 spiro atoms. The minimum absolute atomic E-state index is 0.0170. The summed E-state index contributed by atoms with van der Waals surface area (Å²) in [4.78, 5) is 0.0249. The van der Waals surface area contributed by atoms with Gasteiger partial charge in [0.05, 0.1) is 26.4 Å². The van der Waals surface area contributed by atoms with Gasteiger partial charge in [-0.3, -0.25) is 0 Å². The van der Waals surface area contributed by atoms with Crippen molar-refractivity contribution in [3.63, 3.8) is 0 Å². The third kappa shape index (κ3) is 4.39. The summed E-state index contributed by atoms with van der Waals surface area (Å²) in [5.41, 5.74) is 0. The lowest BCUT2D eigenvalue weighted by Crippen LogP contribution is -2.43. The minimum atomic E-state index is -3.84. The smallest absolute Gasteiger partial charge is 0.229 e. The lowest BCUT2D eigenvalue weighted by molar-refractivity contribution is 0.308. The molecule has 1 unspecified atom stereocenters. The highest BCUT2D eigenvalue weighted by atomic mass is 35.5. The molecule has 1 fully saturated rings. The van der Waals surface area contributed by atoms with Crippen LogP contribution in [0.25, 0.3) is 0 Å². The van der Waals surface area contributed by atoms with Gasteiger partial charge in [0.15, 0.2) is 9.84 Å². The highest BCUT2D eigenvalue weighted by Gasteiger charge is 2.39. The normalized spacial score (nSPS) is 21.2. The Balaban J connectivity index is 2.43. The van der Waals surface area contributed by atoms with E-state index in [4.69, 9.17) is 23.2 Å². The lowest BCUT2D eigenvalue weighted by Gasteiger charge is -2.29. The van der Waals surface area contributed by atoms with E-state index in [9.17, 15) is 16.8 Å². The zero-order chi connectivity index (χ0) is 17.4. The molecule has 130 valence electrons. The summed E-state index contributed by atoms with van der Waals surface area (Å²) >= 11 is 11.8. The third-order valence-electron chi connectivity index (χ3n) is 3.66. The molecule has 1 aromatic carbocycles. The van der Waals surface area contributed by atoms with Crippen LogP contribution in [0.5, 0.6) is 0 Å². The van der Waals surface area contributed by atoms with Crippen molar-refractivity contribution in [3.05, 3.63) is 28.2 Å². The second-order valence-corrected chi connectivity index (χ2v) is 11.0. The van der Waals surface area contributed by atoms with E-state index in [1.54, 1.807) is 0 Å². The van der Waals surface area contributed by atoms with Crippen LogP contribution in [0.1, 0.15) is 20.3 Å². The molecule has 0 N–H and O–H groups in total. The standard InChI is InChI=1S/C14H19Cl2NO4S2/c1-10(2)8-17(11-5-6-22(18,19)9-11)23(20,21)12-3-4-13(15)14(16)7-12/h3-4,7,10-11H,5-6,8-9H2,1-2H3. The maximum absolute atomic E-state index is 13.0. The first-order chi connectivity index (χ1) is 10.5. The summed E-state index contributed by atoms with van der Waals surface area (Å²) in [5, 5.41) is 0.417. The summed E-state index contributed by atoms with van der Waals surface area (Å²) in [6.07, 6.45) is 0.315. The second kappa shape index (κ2) is 6.88. The summed E-state index contributed by atoms with van der Waals surface area (Å²) in [5.74, 6) is -0.0560. The second-order valence-electron chi connectivity index (χ2n) is 6.10. The first-order valence-corrected chi connectivity index (χ1v) is 11.2. The summed E-state index contributed by atoms with van der Waals surface area (Å²) < 4.78 is 50.7. The van der Waals surface area contributed by atoms with E-state index in [1.165, 1.54) is 22.5 Å². The van der Waals surface area contributed by atoms with E-state index in [0.717, 1.165) is 0 Å². The Morgan fingerprint density at radius 3 is 2.39 bits per heavy atom. The molecule has 0 saturated carbocycles. The van der Waals surface area contributed by atoms with E-state index in [-0.39, 0.29) is 38.9 Å². The Morgan fingerprint density at radius 1 is 1.26 bits per heavy atom. The highest BCUT2D eigenvalue weighted by Crippen LogP contribution is 2.30. The van der Waals surface area contributed by atoms with Crippen molar-refractivity contribution in [3.8, 4) is 0 Å². The van der Waals surface area contributed by atoms with Crippen molar-refractivity contribution in [2.75, 3.05) is 18.1 Å². The molecule has 0 radical (unpaired) electrons. The van der Waals surface area contributed by atoms with Gasteiger partial charge in [0.1, 0.15) is 0 Å². The number of rotatable bonds is 5. The van der Waals surface area contributed by atoms with Gasteiger partial charge in [-0.15, -0.1) is 0 Å². The fourth-order valence-corrected chi connectivity index (χ4v) is 6.61. The van der Waals surface area contributed by atoms with E-state index in [1.807, 2.05) is 13.8 Å². The molecule has 9 heteroatoms. The Bertz CT molecular complexity index is 791. The van der Waals surface area contributed by atoms with Gasteiger partial charge in [0.25, 0.3) is 0 Å². The molecule has 0 aromatic heterocycles. The summed E-state index contributed by atoms with van der Waals surface area (Å²) in [7, 11) is -7.03. The Labute approximate surface area is 147 Å². The average molecular weight is 400 g/mol. The maximum atomic E-state index is 13.0. The Hall–Kier alpha value is -0.340. The third-order valence-corrected chi connectivity index (χ3v) is 8.06. The van der Waals surface area contributed by atoms with Gasteiger partial charge in [-0.2, -0.15) is 4.31 Å². The number of sulfonamides is 1. The molecule has 2 rings (SSSR count). The van der Waals surface area contributed by atoms with Crippen LogP contribution in [0.2, 0.25) is 10.0 Å². The van der Waals surface area contributed by atoms with Gasteiger partial charge in [0.2, 0.25) is 10.0 Å². The molecular weight excluding hydrogens is 381 g/mol. The number of sulfone groups is 1. The fraction of sp³-hybridized carbons (Fsp3) is 0.571. The predicted molar refractivity (Wildman–Crippen MR) is 92.3 cm³/mol. The molecule has 1 heterocycles. The van der Waals surface area contributed by atoms with Gasteiger partial charge >= 0.3 is 0 Å². The SMILES string of the molecule is CC(C)CN(C1CCS(=O)(=O)C1)S(=O)(=O)c1ccc(Cl)c(Cl)c1.